The van der Waals surface area contributed by atoms with Gasteiger partial charge in [0.1, 0.15) is 5.54 Å². The van der Waals surface area contributed by atoms with Gasteiger partial charge in [-0.2, -0.15) is 0 Å². The van der Waals surface area contributed by atoms with Crippen LogP contribution in [0.2, 0.25) is 0 Å². The summed E-state index contributed by atoms with van der Waals surface area (Å²) in [6, 6.07) is 17.7. The minimum Gasteiger partial charge on any atom is -0.465 e. The summed E-state index contributed by atoms with van der Waals surface area (Å²) in [5.74, 6) is 0.0504. The molecule has 0 spiro atoms. The summed E-state index contributed by atoms with van der Waals surface area (Å²) in [7, 11) is 0. The number of amides is 2. The lowest BCUT2D eigenvalue weighted by molar-refractivity contribution is -0.128. The second-order valence-corrected chi connectivity index (χ2v) is 8.70. The molecule has 31 heavy (non-hydrogen) atoms. The molecule has 2 atom stereocenters. The summed E-state index contributed by atoms with van der Waals surface area (Å²) < 4.78 is 0. The van der Waals surface area contributed by atoms with Crippen molar-refractivity contribution >= 4 is 22.9 Å². The highest BCUT2D eigenvalue weighted by atomic mass is 16.4. The molecule has 2 unspecified atom stereocenters. The lowest BCUT2D eigenvalue weighted by atomic mass is 9.88. The maximum absolute atomic E-state index is 13.6. The molecule has 6 heteroatoms. The number of aromatic nitrogens is 1. The van der Waals surface area contributed by atoms with E-state index < -0.39 is 11.6 Å². The number of nitrogens with one attached hydrogen (secondary N) is 3. The zero-order valence-electron chi connectivity index (χ0n) is 17.7. The molecule has 0 bridgehead atoms. The molecule has 6 nitrogen and oxygen atoms in total. The third kappa shape index (κ3) is 4.58. The fourth-order valence-corrected chi connectivity index (χ4v) is 4.80. The summed E-state index contributed by atoms with van der Waals surface area (Å²) in [5, 5.41) is 16.2. The summed E-state index contributed by atoms with van der Waals surface area (Å²) in [5.41, 5.74) is 1.62. The van der Waals surface area contributed by atoms with Gasteiger partial charge in [-0.05, 0) is 42.9 Å². The van der Waals surface area contributed by atoms with Crippen LogP contribution in [-0.4, -0.2) is 27.6 Å². The van der Waals surface area contributed by atoms with Crippen LogP contribution >= 0.6 is 0 Å². The number of carbonyl (C=O) groups is 2. The van der Waals surface area contributed by atoms with E-state index >= 15 is 0 Å². The zero-order valence-corrected chi connectivity index (χ0v) is 17.7. The quantitative estimate of drug-likeness (QED) is 0.444. The lowest BCUT2D eigenvalue weighted by Crippen LogP contribution is -2.58. The summed E-state index contributed by atoms with van der Waals surface area (Å²) >= 11 is 0. The fraction of sp³-hybridized carbons (Fsp3) is 0.360. The Morgan fingerprint density at radius 3 is 2.48 bits per heavy atom. The lowest BCUT2D eigenvalue weighted by Gasteiger charge is -2.33. The molecule has 0 aliphatic heterocycles. The van der Waals surface area contributed by atoms with Crippen molar-refractivity contribution in [2.45, 2.75) is 50.6 Å². The third-order valence-electron chi connectivity index (χ3n) is 6.42. The van der Waals surface area contributed by atoms with Crippen LogP contribution < -0.4 is 10.6 Å². The normalized spacial score (nSPS) is 17.2. The molecule has 4 rings (SSSR count). The molecule has 1 aliphatic carbocycles. The highest BCUT2D eigenvalue weighted by molar-refractivity contribution is 5.91. The predicted octanol–water partition coefficient (Wildman–Crippen LogP) is 4.78. The van der Waals surface area contributed by atoms with Crippen LogP contribution in [0.4, 0.5) is 4.79 Å². The average molecular weight is 420 g/mol. The molecule has 3 aromatic rings. The zero-order chi connectivity index (χ0) is 21.8. The van der Waals surface area contributed by atoms with E-state index in [0.717, 1.165) is 47.7 Å². The van der Waals surface area contributed by atoms with Crippen LogP contribution in [0.1, 0.15) is 49.8 Å². The predicted molar refractivity (Wildman–Crippen MR) is 121 cm³/mol. The molecular weight excluding hydrogens is 390 g/mol. The molecule has 1 heterocycles. The number of carbonyl (C=O) groups excluding carboxylic acids is 1. The summed E-state index contributed by atoms with van der Waals surface area (Å²) in [4.78, 5) is 28.4. The Balaban J connectivity index is 1.62. The monoisotopic (exact) mass is 419 g/mol. The van der Waals surface area contributed by atoms with E-state index in [1.165, 1.54) is 0 Å². The van der Waals surface area contributed by atoms with Crippen molar-refractivity contribution in [1.29, 1.82) is 0 Å². The van der Waals surface area contributed by atoms with Gasteiger partial charge in [-0.3, -0.25) is 4.79 Å². The van der Waals surface area contributed by atoms with Crippen molar-refractivity contribution in [3.05, 3.63) is 71.9 Å². The van der Waals surface area contributed by atoms with Gasteiger partial charge in [-0.1, -0.05) is 61.4 Å². The number of carboxylic acid groups (broad SMARTS) is 1. The van der Waals surface area contributed by atoms with Crippen LogP contribution in [0, 0.1) is 5.92 Å². The molecule has 1 aliphatic rings. The number of hydrogen-bond acceptors (Lipinski definition) is 2. The topological polar surface area (TPSA) is 94.2 Å². The Morgan fingerprint density at radius 2 is 1.77 bits per heavy atom. The SMILES string of the molecule is CC(Cc1c[nH]c2ccccc12)(NC(=O)O)C(=O)NC(c1ccccc1)C1CCCC1. The van der Waals surface area contributed by atoms with E-state index in [1.54, 1.807) is 6.92 Å². The highest BCUT2D eigenvalue weighted by Gasteiger charge is 2.39. The molecule has 4 N–H and O–H groups in total. The van der Waals surface area contributed by atoms with E-state index in [9.17, 15) is 14.7 Å². The van der Waals surface area contributed by atoms with Gasteiger partial charge in [-0.15, -0.1) is 0 Å². The minimum absolute atomic E-state index is 0.130. The Hall–Kier alpha value is -3.28. The van der Waals surface area contributed by atoms with Gasteiger partial charge >= 0.3 is 6.09 Å². The number of benzene rings is 2. The molecule has 0 radical (unpaired) electrons. The molecule has 1 fully saturated rings. The number of H-pyrrole nitrogens is 1. The van der Waals surface area contributed by atoms with E-state index in [2.05, 4.69) is 15.6 Å². The Bertz CT molecular complexity index is 1060. The first-order valence-electron chi connectivity index (χ1n) is 10.9. The van der Waals surface area contributed by atoms with E-state index in [1.807, 2.05) is 60.8 Å². The van der Waals surface area contributed by atoms with E-state index in [0.29, 0.717) is 5.92 Å². The molecular formula is C25H29N3O3. The van der Waals surface area contributed by atoms with Gasteiger partial charge in [0.05, 0.1) is 6.04 Å². The van der Waals surface area contributed by atoms with Gasteiger partial charge in [0.2, 0.25) is 5.91 Å². The molecule has 2 amide bonds. The number of fused-ring (bicyclic) bond motifs is 1. The maximum atomic E-state index is 13.6. The van der Waals surface area contributed by atoms with Crippen molar-refractivity contribution in [2.24, 2.45) is 5.92 Å². The first-order valence-corrected chi connectivity index (χ1v) is 10.9. The molecule has 0 saturated heterocycles. The Labute approximate surface area is 182 Å². The van der Waals surface area contributed by atoms with Crippen LogP contribution in [0.15, 0.2) is 60.8 Å². The fourth-order valence-electron chi connectivity index (χ4n) is 4.80. The van der Waals surface area contributed by atoms with Crippen molar-refractivity contribution in [3.8, 4) is 0 Å². The number of aromatic amines is 1. The second-order valence-electron chi connectivity index (χ2n) is 8.70. The first kappa shape index (κ1) is 21.0. The Morgan fingerprint density at radius 1 is 1.10 bits per heavy atom. The first-order chi connectivity index (χ1) is 15.0. The number of para-hydroxylation sites is 1. The summed E-state index contributed by atoms with van der Waals surface area (Å²) in [6.45, 7) is 1.66. The van der Waals surface area contributed by atoms with Gasteiger partial charge in [0, 0.05) is 23.5 Å². The molecule has 1 saturated carbocycles. The number of rotatable bonds is 7. The number of hydrogen-bond donors (Lipinski definition) is 4. The van der Waals surface area contributed by atoms with E-state index in [-0.39, 0.29) is 18.4 Å². The van der Waals surface area contributed by atoms with Crippen LogP contribution in [0.3, 0.4) is 0 Å². The third-order valence-corrected chi connectivity index (χ3v) is 6.42. The average Bonchev–Trinajstić information content (AvgIpc) is 3.42. The van der Waals surface area contributed by atoms with Crippen molar-refractivity contribution in [1.82, 2.24) is 15.6 Å². The van der Waals surface area contributed by atoms with Crippen molar-refractivity contribution < 1.29 is 14.7 Å². The second kappa shape index (κ2) is 8.84. The van der Waals surface area contributed by atoms with Crippen LogP contribution in [-0.2, 0) is 11.2 Å². The largest absolute Gasteiger partial charge is 0.465 e. The van der Waals surface area contributed by atoms with Crippen LogP contribution in [0.25, 0.3) is 10.9 Å². The molecule has 162 valence electrons. The highest BCUT2D eigenvalue weighted by Crippen LogP contribution is 2.36. The molecule has 1 aromatic heterocycles. The standard InChI is InChI=1S/C25H29N3O3/c1-25(28-24(30)31,15-19-16-26-21-14-8-7-13-20(19)21)23(29)27-22(18-11-5-6-12-18)17-9-3-2-4-10-17/h2-4,7-10,13-14,16,18,22,26,28H,5-6,11-12,15H2,1H3,(H,27,29)(H,30,31). The van der Waals surface area contributed by atoms with Crippen molar-refractivity contribution in [2.75, 3.05) is 0 Å². The minimum atomic E-state index is -1.30. The van der Waals surface area contributed by atoms with E-state index in [4.69, 9.17) is 0 Å². The summed E-state index contributed by atoms with van der Waals surface area (Å²) in [6.07, 6.45) is 5.33. The van der Waals surface area contributed by atoms with Gasteiger partial charge in [0.15, 0.2) is 0 Å². The van der Waals surface area contributed by atoms with Crippen molar-refractivity contribution in [3.63, 3.8) is 0 Å². The van der Waals surface area contributed by atoms with Crippen LogP contribution in [0.5, 0.6) is 0 Å². The Kier molecular flexibility index (Phi) is 5.98. The molecule has 2 aromatic carbocycles. The smallest absolute Gasteiger partial charge is 0.405 e. The van der Waals surface area contributed by atoms with Gasteiger partial charge in [0.25, 0.3) is 0 Å². The van der Waals surface area contributed by atoms with Gasteiger partial charge < -0.3 is 20.7 Å². The van der Waals surface area contributed by atoms with Gasteiger partial charge in [-0.25, -0.2) is 4.79 Å². The maximum Gasteiger partial charge on any atom is 0.405 e.